The summed E-state index contributed by atoms with van der Waals surface area (Å²) in [5.74, 6) is 2.05. The summed E-state index contributed by atoms with van der Waals surface area (Å²) >= 11 is 3.13. The topological polar surface area (TPSA) is 56.7 Å². The van der Waals surface area contributed by atoms with Crippen LogP contribution in [-0.4, -0.2) is 19.7 Å². The van der Waals surface area contributed by atoms with Crippen LogP contribution >= 0.6 is 23.1 Å². The fourth-order valence-electron chi connectivity index (χ4n) is 2.53. The van der Waals surface area contributed by atoms with Gasteiger partial charge in [-0.3, -0.25) is 0 Å². The molecule has 0 aliphatic heterocycles. The van der Waals surface area contributed by atoms with Crippen LogP contribution in [0.25, 0.3) is 22.0 Å². The van der Waals surface area contributed by atoms with Crippen LogP contribution in [0.15, 0.2) is 51.5 Å². The number of aryl methyl sites for hydroxylation is 1. The summed E-state index contributed by atoms with van der Waals surface area (Å²) in [4.78, 5) is 4.63. The van der Waals surface area contributed by atoms with Crippen molar-refractivity contribution in [2.24, 2.45) is 7.05 Å². The third-order valence-corrected chi connectivity index (χ3v) is 5.92. The molecule has 0 bridgehead atoms. The molecule has 0 saturated heterocycles. The molecule has 4 aromatic rings. The van der Waals surface area contributed by atoms with Crippen molar-refractivity contribution in [2.45, 2.75) is 17.8 Å². The van der Waals surface area contributed by atoms with Gasteiger partial charge in [0.2, 0.25) is 0 Å². The zero-order valence-corrected chi connectivity index (χ0v) is 15.8. The van der Waals surface area contributed by atoms with Crippen molar-refractivity contribution >= 4 is 23.1 Å². The second-order valence-corrected chi connectivity index (χ2v) is 7.50. The van der Waals surface area contributed by atoms with Crippen molar-refractivity contribution in [3.8, 4) is 22.0 Å². The van der Waals surface area contributed by atoms with Gasteiger partial charge in [0.15, 0.2) is 11.0 Å². The zero-order chi connectivity index (χ0) is 18.1. The summed E-state index contributed by atoms with van der Waals surface area (Å²) < 4.78 is 20.3. The van der Waals surface area contributed by atoms with Crippen molar-refractivity contribution in [2.75, 3.05) is 0 Å². The Hall–Kier alpha value is -2.45. The van der Waals surface area contributed by atoms with Crippen LogP contribution in [0.2, 0.25) is 0 Å². The van der Waals surface area contributed by atoms with E-state index in [1.54, 1.807) is 41.5 Å². The van der Waals surface area contributed by atoms with Gasteiger partial charge < -0.3 is 8.98 Å². The molecule has 3 aromatic heterocycles. The van der Waals surface area contributed by atoms with Crippen LogP contribution in [0, 0.1) is 12.7 Å². The molecule has 8 heteroatoms. The Balaban J connectivity index is 1.48. The lowest BCUT2D eigenvalue weighted by Crippen LogP contribution is -1.95. The molecular weight excluding hydrogens is 371 g/mol. The van der Waals surface area contributed by atoms with Gasteiger partial charge in [0.05, 0.1) is 17.5 Å². The molecular formula is C18H15FN4OS2. The monoisotopic (exact) mass is 386 g/mol. The Kier molecular flexibility index (Phi) is 4.60. The van der Waals surface area contributed by atoms with E-state index in [-0.39, 0.29) is 5.82 Å². The summed E-state index contributed by atoms with van der Waals surface area (Å²) in [6, 6.07) is 8.28. The molecule has 0 saturated carbocycles. The smallest absolute Gasteiger partial charge is 0.191 e. The molecule has 0 aliphatic carbocycles. The lowest BCUT2D eigenvalue weighted by Gasteiger charge is -2.02. The van der Waals surface area contributed by atoms with Gasteiger partial charge in [-0.05, 0) is 37.3 Å². The van der Waals surface area contributed by atoms with Gasteiger partial charge in [0.25, 0.3) is 0 Å². The number of benzene rings is 1. The molecule has 0 unspecified atom stereocenters. The number of thioether (sulfide) groups is 1. The minimum atomic E-state index is -0.243. The number of hydrogen-bond acceptors (Lipinski definition) is 6. The fourth-order valence-corrected chi connectivity index (χ4v) is 4.26. The normalized spacial score (nSPS) is 11.2. The highest BCUT2D eigenvalue weighted by molar-refractivity contribution is 7.98. The molecule has 132 valence electrons. The SMILES string of the molecule is Cc1occc1-c1nnc(SCc2csc(-c3ccc(F)cc3)n2)n1C. The van der Waals surface area contributed by atoms with E-state index in [0.717, 1.165) is 38.6 Å². The highest BCUT2D eigenvalue weighted by Gasteiger charge is 2.15. The largest absolute Gasteiger partial charge is 0.469 e. The first-order valence-corrected chi connectivity index (χ1v) is 9.75. The second kappa shape index (κ2) is 7.05. The molecule has 0 radical (unpaired) electrons. The molecule has 0 amide bonds. The molecule has 5 nitrogen and oxygen atoms in total. The van der Waals surface area contributed by atoms with Crippen molar-refractivity contribution in [1.82, 2.24) is 19.7 Å². The maximum atomic E-state index is 13.0. The standard InChI is InChI=1S/C18H15FN4OS2/c1-11-15(7-8-24-11)16-21-22-18(23(16)2)26-10-14-9-25-17(20-14)12-3-5-13(19)6-4-12/h3-9H,10H2,1-2H3. The maximum absolute atomic E-state index is 13.0. The number of thiazole rings is 1. The van der Waals surface area contributed by atoms with Crippen molar-refractivity contribution in [3.63, 3.8) is 0 Å². The van der Waals surface area contributed by atoms with Crippen LogP contribution < -0.4 is 0 Å². The summed E-state index contributed by atoms with van der Waals surface area (Å²) in [7, 11) is 1.94. The van der Waals surface area contributed by atoms with Gasteiger partial charge in [-0.15, -0.1) is 21.5 Å². The molecule has 0 atom stereocenters. The summed E-state index contributed by atoms with van der Waals surface area (Å²) in [6.45, 7) is 1.91. The Morgan fingerprint density at radius 2 is 2.00 bits per heavy atom. The van der Waals surface area contributed by atoms with E-state index in [0.29, 0.717) is 5.75 Å². The predicted molar refractivity (Wildman–Crippen MR) is 101 cm³/mol. The molecule has 1 aromatic carbocycles. The lowest BCUT2D eigenvalue weighted by molar-refractivity contribution is 0.534. The number of rotatable bonds is 5. The molecule has 4 rings (SSSR count). The van der Waals surface area contributed by atoms with Gasteiger partial charge in [-0.25, -0.2) is 9.37 Å². The minimum absolute atomic E-state index is 0.243. The highest BCUT2D eigenvalue weighted by atomic mass is 32.2. The van der Waals surface area contributed by atoms with E-state index in [1.807, 2.05) is 30.0 Å². The van der Waals surface area contributed by atoms with E-state index in [9.17, 15) is 4.39 Å². The quantitative estimate of drug-likeness (QED) is 0.455. The number of aromatic nitrogens is 4. The molecule has 3 heterocycles. The van der Waals surface area contributed by atoms with Gasteiger partial charge in [0, 0.05) is 23.7 Å². The Morgan fingerprint density at radius 3 is 2.73 bits per heavy atom. The van der Waals surface area contributed by atoms with Gasteiger partial charge in [0.1, 0.15) is 16.6 Å². The number of halogens is 1. The van der Waals surface area contributed by atoms with Crippen LogP contribution in [0.3, 0.4) is 0 Å². The first-order valence-electron chi connectivity index (χ1n) is 7.89. The van der Waals surface area contributed by atoms with Crippen molar-refractivity contribution in [1.29, 1.82) is 0 Å². The predicted octanol–water partition coefficient (Wildman–Crippen LogP) is 4.94. The van der Waals surface area contributed by atoms with Gasteiger partial charge in [-0.2, -0.15) is 0 Å². The summed E-state index contributed by atoms with van der Waals surface area (Å²) in [6.07, 6.45) is 1.65. The first-order chi connectivity index (χ1) is 12.6. The Labute approximate surface area is 157 Å². The fraction of sp³-hybridized carbons (Fsp3) is 0.167. The van der Waals surface area contributed by atoms with E-state index in [4.69, 9.17) is 4.42 Å². The van der Waals surface area contributed by atoms with E-state index in [1.165, 1.54) is 12.1 Å². The van der Waals surface area contributed by atoms with Crippen LogP contribution in [0.4, 0.5) is 4.39 Å². The lowest BCUT2D eigenvalue weighted by atomic mass is 10.2. The Bertz CT molecular complexity index is 1040. The van der Waals surface area contributed by atoms with Crippen LogP contribution in [0.1, 0.15) is 11.5 Å². The number of nitrogens with zero attached hydrogens (tertiary/aromatic N) is 4. The van der Waals surface area contributed by atoms with Gasteiger partial charge >= 0.3 is 0 Å². The summed E-state index contributed by atoms with van der Waals surface area (Å²) in [5.41, 5.74) is 2.83. The molecule has 0 fully saturated rings. The van der Waals surface area contributed by atoms with Gasteiger partial charge in [-0.1, -0.05) is 11.8 Å². The van der Waals surface area contributed by atoms with E-state index < -0.39 is 0 Å². The van der Waals surface area contributed by atoms with E-state index in [2.05, 4.69) is 15.2 Å². The third-order valence-electron chi connectivity index (χ3n) is 3.93. The third kappa shape index (κ3) is 3.30. The van der Waals surface area contributed by atoms with Crippen LogP contribution in [-0.2, 0) is 12.8 Å². The maximum Gasteiger partial charge on any atom is 0.191 e. The summed E-state index contributed by atoms with van der Waals surface area (Å²) in [5, 5.41) is 12.3. The molecule has 26 heavy (non-hydrogen) atoms. The average Bonchev–Trinajstić information content (AvgIpc) is 3.35. The Morgan fingerprint density at radius 1 is 1.19 bits per heavy atom. The second-order valence-electron chi connectivity index (χ2n) is 5.70. The first kappa shape index (κ1) is 17.0. The highest BCUT2D eigenvalue weighted by Crippen LogP contribution is 2.29. The average molecular weight is 386 g/mol. The number of furan rings is 1. The molecule has 0 aliphatic rings. The van der Waals surface area contributed by atoms with Crippen molar-refractivity contribution < 1.29 is 8.81 Å². The van der Waals surface area contributed by atoms with Crippen molar-refractivity contribution in [3.05, 3.63) is 59.2 Å². The van der Waals surface area contributed by atoms with E-state index >= 15 is 0 Å². The molecule has 0 spiro atoms. The molecule has 0 N–H and O–H groups in total. The zero-order valence-electron chi connectivity index (χ0n) is 14.1. The minimum Gasteiger partial charge on any atom is -0.469 e. The van der Waals surface area contributed by atoms with Crippen LogP contribution in [0.5, 0.6) is 0 Å². The number of hydrogen-bond donors (Lipinski definition) is 0.